The molecule has 0 atom stereocenters. The number of aryl methyl sites for hydroxylation is 1. The lowest BCUT2D eigenvalue weighted by molar-refractivity contribution is -0.116. The first-order valence-corrected chi connectivity index (χ1v) is 8.22. The summed E-state index contributed by atoms with van der Waals surface area (Å²) >= 11 is 0. The molecule has 3 rings (SSSR count). The number of pyridine rings is 1. The molecule has 1 aromatic carbocycles. The molecule has 3 N–H and O–H groups in total. The van der Waals surface area contributed by atoms with Crippen LogP contribution in [-0.2, 0) is 4.79 Å². The van der Waals surface area contributed by atoms with Crippen LogP contribution in [0.3, 0.4) is 0 Å². The summed E-state index contributed by atoms with van der Waals surface area (Å²) < 4.78 is 0. The van der Waals surface area contributed by atoms with Gasteiger partial charge in [-0.1, -0.05) is 12.1 Å². The maximum absolute atomic E-state index is 12.1. The van der Waals surface area contributed by atoms with Gasteiger partial charge in [0.2, 0.25) is 5.91 Å². The van der Waals surface area contributed by atoms with Gasteiger partial charge in [-0.15, -0.1) is 0 Å². The molecule has 0 saturated heterocycles. The number of aromatic nitrogens is 3. The van der Waals surface area contributed by atoms with Crippen LogP contribution in [0.5, 0.6) is 0 Å². The minimum absolute atomic E-state index is 0.155. The largest absolute Gasteiger partial charge is 0.350 e. The van der Waals surface area contributed by atoms with Crippen LogP contribution >= 0.6 is 0 Å². The molecule has 0 radical (unpaired) electrons. The molecule has 0 bridgehead atoms. The molecule has 0 aliphatic carbocycles. The minimum Gasteiger partial charge on any atom is -0.350 e. The molecule has 0 aliphatic heterocycles. The van der Waals surface area contributed by atoms with Crippen LogP contribution in [0.1, 0.15) is 22.5 Å². The van der Waals surface area contributed by atoms with Crippen LogP contribution in [0.15, 0.2) is 54.9 Å². The molecule has 0 saturated carbocycles. The highest BCUT2D eigenvalue weighted by Gasteiger charge is 2.11. The fourth-order valence-electron chi connectivity index (χ4n) is 2.44. The molecule has 0 aliphatic rings. The molecule has 2 heterocycles. The first kappa shape index (κ1) is 17.3. The second kappa shape index (κ2) is 8.06. The second-order valence-electron chi connectivity index (χ2n) is 5.83. The number of amides is 2. The van der Waals surface area contributed by atoms with Gasteiger partial charge in [-0.25, -0.2) is 0 Å². The van der Waals surface area contributed by atoms with Crippen molar-refractivity contribution >= 4 is 17.5 Å². The number of anilines is 1. The Hall–Kier alpha value is -3.48. The number of benzene rings is 1. The van der Waals surface area contributed by atoms with Gasteiger partial charge in [0.25, 0.3) is 5.91 Å². The van der Waals surface area contributed by atoms with Crippen molar-refractivity contribution in [2.75, 3.05) is 11.9 Å². The number of nitrogens with one attached hydrogen (secondary N) is 3. The van der Waals surface area contributed by atoms with Crippen LogP contribution in [0.2, 0.25) is 0 Å². The number of carbonyl (C=O) groups is 2. The number of H-pyrrole nitrogens is 1. The zero-order valence-electron chi connectivity index (χ0n) is 14.3. The minimum atomic E-state index is -0.304. The Balaban J connectivity index is 1.48. The summed E-state index contributed by atoms with van der Waals surface area (Å²) in [6, 6.07) is 12.8. The summed E-state index contributed by atoms with van der Waals surface area (Å²) in [5, 5.41) is 12.3. The molecule has 0 unspecified atom stereocenters. The van der Waals surface area contributed by atoms with Crippen molar-refractivity contribution in [3.05, 3.63) is 66.1 Å². The van der Waals surface area contributed by atoms with E-state index in [1.807, 2.05) is 43.3 Å². The van der Waals surface area contributed by atoms with E-state index in [1.165, 1.54) is 0 Å². The molecule has 2 aromatic heterocycles. The van der Waals surface area contributed by atoms with Crippen LogP contribution in [-0.4, -0.2) is 33.5 Å². The average Bonchev–Trinajstić information content (AvgIpc) is 3.12. The van der Waals surface area contributed by atoms with Gasteiger partial charge in [0.1, 0.15) is 5.69 Å². The zero-order valence-corrected chi connectivity index (χ0v) is 14.3. The second-order valence-corrected chi connectivity index (χ2v) is 5.83. The summed E-state index contributed by atoms with van der Waals surface area (Å²) in [5.41, 5.74) is 3.69. The third kappa shape index (κ3) is 4.54. The summed E-state index contributed by atoms with van der Waals surface area (Å²) in [5.74, 6) is -0.459. The molecular weight excluding hydrogens is 330 g/mol. The summed E-state index contributed by atoms with van der Waals surface area (Å²) in [7, 11) is 0. The monoisotopic (exact) mass is 349 g/mol. The Labute approximate surface area is 150 Å². The lowest BCUT2D eigenvalue weighted by Crippen LogP contribution is -2.27. The van der Waals surface area contributed by atoms with Gasteiger partial charge in [-0.05, 0) is 42.8 Å². The fraction of sp³-hybridized carbons (Fsp3) is 0.158. The van der Waals surface area contributed by atoms with Gasteiger partial charge in [-0.2, -0.15) is 5.10 Å². The van der Waals surface area contributed by atoms with Crippen molar-refractivity contribution in [3.63, 3.8) is 0 Å². The summed E-state index contributed by atoms with van der Waals surface area (Å²) in [6.07, 6.45) is 3.51. The highest BCUT2D eigenvalue weighted by Crippen LogP contribution is 2.16. The first-order chi connectivity index (χ1) is 12.6. The lowest BCUT2D eigenvalue weighted by Gasteiger charge is -2.06. The van der Waals surface area contributed by atoms with Crippen LogP contribution in [0, 0.1) is 6.92 Å². The summed E-state index contributed by atoms with van der Waals surface area (Å²) in [6.45, 7) is 2.20. The van der Waals surface area contributed by atoms with E-state index in [0.29, 0.717) is 11.4 Å². The fourth-order valence-corrected chi connectivity index (χ4v) is 2.44. The van der Waals surface area contributed by atoms with Crippen LogP contribution < -0.4 is 10.6 Å². The number of hydrogen-bond acceptors (Lipinski definition) is 4. The highest BCUT2D eigenvalue weighted by molar-refractivity contribution is 5.94. The number of hydrogen-bond donors (Lipinski definition) is 3. The van der Waals surface area contributed by atoms with Crippen molar-refractivity contribution in [1.29, 1.82) is 0 Å². The molecular formula is C19H19N5O2. The number of rotatable bonds is 6. The maximum Gasteiger partial charge on any atom is 0.269 e. The van der Waals surface area contributed by atoms with E-state index in [-0.39, 0.29) is 24.8 Å². The molecule has 7 nitrogen and oxygen atoms in total. The Morgan fingerprint density at radius 1 is 1.12 bits per heavy atom. The normalized spacial score (nSPS) is 10.3. The van der Waals surface area contributed by atoms with Crippen molar-refractivity contribution < 1.29 is 9.59 Å². The molecule has 132 valence electrons. The SMILES string of the molecule is Cc1cccc(NC(=O)CCNC(=O)c2cc(-c3ccncc3)n[nH]2)c1. The van der Waals surface area contributed by atoms with Crippen molar-refractivity contribution in [2.45, 2.75) is 13.3 Å². The Kier molecular flexibility index (Phi) is 5.38. The van der Waals surface area contributed by atoms with Gasteiger partial charge < -0.3 is 10.6 Å². The van der Waals surface area contributed by atoms with E-state index in [4.69, 9.17) is 0 Å². The maximum atomic E-state index is 12.1. The van der Waals surface area contributed by atoms with Crippen molar-refractivity contribution in [2.24, 2.45) is 0 Å². The van der Waals surface area contributed by atoms with E-state index in [1.54, 1.807) is 18.5 Å². The summed E-state index contributed by atoms with van der Waals surface area (Å²) in [4.78, 5) is 28.0. The van der Waals surface area contributed by atoms with Crippen LogP contribution in [0.25, 0.3) is 11.3 Å². The van der Waals surface area contributed by atoms with Crippen molar-refractivity contribution in [1.82, 2.24) is 20.5 Å². The van der Waals surface area contributed by atoms with Gasteiger partial charge in [0.05, 0.1) is 5.69 Å². The zero-order chi connectivity index (χ0) is 18.4. The smallest absolute Gasteiger partial charge is 0.269 e. The van der Waals surface area contributed by atoms with E-state index < -0.39 is 0 Å². The lowest BCUT2D eigenvalue weighted by atomic mass is 10.2. The Morgan fingerprint density at radius 3 is 2.69 bits per heavy atom. The molecule has 0 fully saturated rings. The molecule has 26 heavy (non-hydrogen) atoms. The number of carbonyl (C=O) groups excluding carboxylic acids is 2. The topological polar surface area (TPSA) is 99.8 Å². The first-order valence-electron chi connectivity index (χ1n) is 8.22. The number of nitrogens with zero attached hydrogens (tertiary/aromatic N) is 2. The van der Waals surface area contributed by atoms with Gasteiger partial charge in [-0.3, -0.25) is 19.7 Å². The molecule has 2 amide bonds. The van der Waals surface area contributed by atoms with E-state index in [9.17, 15) is 9.59 Å². The van der Waals surface area contributed by atoms with Gasteiger partial charge >= 0.3 is 0 Å². The number of aromatic amines is 1. The predicted octanol–water partition coefficient (Wildman–Crippen LogP) is 2.54. The Morgan fingerprint density at radius 2 is 1.92 bits per heavy atom. The van der Waals surface area contributed by atoms with Crippen molar-refractivity contribution in [3.8, 4) is 11.3 Å². The molecule has 3 aromatic rings. The standard InChI is InChI=1S/C19H19N5O2/c1-13-3-2-4-15(11-13)22-18(25)7-10-21-19(26)17-12-16(23-24-17)14-5-8-20-9-6-14/h2-6,8-9,11-12H,7,10H2,1H3,(H,21,26)(H,22,25)(H,23,24). The Bertz CT molecular complexity index is 905. The van der Waals surface area contributed by atoms with Gasteiger partial charge in [0, 0.05) is 36.6 Å². The third-order valence-corrected chi connectivity index (χ3v) is 3.74. The third-order valence-electron chi connectivity index (χ3n) is 3.74. The quantitative estimate of drug-likeness (QED) is 0.637. The predicted molar refractivity (Wildman–Crippen MR) is 98.6 cm³/mol. The highest BCUT2D eigenvalue weighted by atomic mass is 16.2. The van der Waals surface area contributed by atoms with Crippen LogP contribution in [0.4, 0.5) is 5.69 Å². The van der Waals surface area contributed by atoms with Gasteiger partial charge in [0.15, 0.2) is 0 Å². The van der Waals surface area contributed by atoms with E-state index in [2.05, 4.69) is 25.8 Å². The van der Waals surface area contributed by atoms with E-state index in [0.717, 1.165) is 16.8 Å². The molecule has 0 spiro atoms. The molecule has 7 heteroatoms. The average molecular weight is 349 g/mol. The van der Waals surface area contributed by atoms with E-state index >= 15 is 0 Å².